The molecule has 0 saturated carbocycles. The first-order chi connectivity index (χ1) is 3.13. The molecule has 0 atom stereocenters. The van der Waals surface area contributed by atoms with Gasteiger partial charge in [0, 0.05) is 0 Å². The van der Waals surface area contributed by atoms with Gasteiger partial charge in [0.2, 0.25) is 0 Å². The van der Waals surface area contributed by atoms with Gasteiger partial charge in [-0.3, -0.25) is 9.59 Å². The van der Waals surface area contributed by atoms with Crippen LogP contribution >= 0.6 is 0 Å². The third-order valence-corrected chi connectivity index (χ3v) is 0.498. The average molecular weight is 190 g/mol. The molecule has 0 aromatic heterocycles. The van der Waals surface area contributed by atoms with E-state index in [0.717, 1.165) is 0 Å². The standard InChI is InChI=1S/C5H8O2.Sr.2H/c1-4(6)3-5(2)7;;;/h3H2,1-2H3;;;/q;+2;2*-1. The summed E-state index contributed by atoms with van der Waals surface area (Å²) >= 11 is 0. The Morgan fingerprint density at radius 2 is 1.50 bits per heavy atom. The molecule has 0 N–H and O–H groups in total. The summed E-state index contributed by atoms with van der Waals surface area (Å²) in [6.07, 6.45) is 0.0833. The molecule has 0 aromatic rings. The molecule has 0 amide bonds. The molecular weight excluding hydrogens is 180 g/mol. The molecule has 0 heterocycles. The van der Waals surface area contributed by atoms with E-state index in [-0.39, 0.29) is 66.3 Å². The van der Waals surface area contributed by atoms with E-state index in [4.69, 9.17) is 0 Å². The monoisotopic (exact) mass is 190 g/mol. The topological polar surface area (TPSA) is 34.1 Å². The summed E-state index contributed by atoms with van der Waals surface area (Å²) in [6.45, 7) is 2.81. The van der Waals surface area contributed by atoms with Gasteiger partial charge < -0.3 is 2.85 Å². The second-order valence-corrected chi connectivity index (χ2v) is 1.58. The van der Waals surface area contributed by atoms with E-state index in [0.29, 0.717) is 0 Å². The summed E-state index contributed by atoms with van der Waals surface area (Å²) in [7, 11) is 0. The van der Waals surface area contributed by atoms with Gasteiger partial charge in [-0.2, -0.15) is 0 Å². The van der Waals surface area contributed by atoms with Gasteiger partial charge in [0.1, 0.15) is 11.6 Å². The normalized spacial score (nSPS) is 7.25. The Balaban J connectivity index is -0.0000000600. The number of rotatable bonds is 2. The van der Waals surface area contributed by atoms with Crippen molar-refractivity contribution in [3.63, 3.8) is 0 Å². The Labute approximate surface area is 88.9 Å². The molecule has 0 radical (unpaired) electrons. The summed E-state index contributed by atoms with van der Waals surface area (Å²) in [4.78, 5) is 20.1. The van der Waals surface area contributed by atoms with E-state index in [2.05, 4.69) is 0 Å². The van der Waals surface area contributed by atoms with Crippen LogP contribution in [-0.4, -0.2) is 57.0 Å². The molecule has 2 nitrogen and oxygen atoms in total. The SMILES string of the molecule is CC(=O)CC(C)=O.[H-].[H-].[Sr+2]. The van der Waals surface area contributed by atoms with Crippen LogP contribution in [0, 0.1) is 0 Å². The summed E-state index contributed by atoms with van der Waals surface area (Å²) in [6, 6.07) is 0. The van der Waals surface area contributed by atoms with Gasteiger partial charge in [0.05, 0.1) is 6.42 Å². The first-order valence-electron chi connectivity index (χ1n) is 2.12. The van der Waals surface area contributed by atoms with Crippen molar-refractivity contribution >= 4 is 57.0 Å². The van der Waals surface area contributed by atoms with Crippen LogP contribution in [0.5, 0.6) is 0 Å². The largest absolute Gasteiger partial charge is 2.00 e. The molecule has 0 aliphatic rings. The smallest absolute Gasteiger partial charge is 1.00 e. The number of ketones is 2. The molecular formula is C5H10O2Sr. The molecule has 0 aromatic carbocycles. The Hall–Kier alpha value is 0.821. The van der Waals surface area contributed by atoms with E-state index >= 15 is 0 Å². The Morgan fingerprint density at radius 3 is 1.50 bits per heavy atom. The van der Waals surface area contributed by atoms with Crippen molar-refractivity contribution in [2.24, 2.45) is 0 Å². The van der Waals surface area contributed by atoms with Crippen molar-refractivity contribution < 1.29 is 12.4 Å². The zero-order valence-corrected chi connectivity index (χ0v) is 8.71. The van der Waals surface area contributed by atoms with Crippen LogP contribution in [0.4, 0.5) is 0 Å². The van der Waals surface area contributed by atoms with Gasteiger partial charge in [0.25, 0.3) is 0 Å². The van der Waals surface area contributed by atoms with E-state index in [9.17, 15) is 9.59 Å². The molecule has 0 aliphatic heterocycles. The predicted molar refractivity (Wildman–Crippen MR) is 34.0 cm³/mol. The summed E-state index contributed by atoms with van der Waals surface area (Å²) in [5.74, 6) is -0.125. The number of hydrogen-bond acceptors (Lipinski definition) is 2. The van der Waals surface area contributed by atoms with Crippen molar-refractivity contribution in [1.29, 1.82) is 0 Å². The molecule has 0 saturated heterocycles. The maximum Gasteiger partial charge on any atom is 2.00 e. The van der Waals surface area contributed by atoms with E-state index in [1.54, 1.807) is 0 Å². The predicted octanol–water partition coefficient (Wildman–Crippen LogP) is 0.399. The minimum atomic E-state index is -0.0625. The number of hydrogen-bond donors (Lipinski definition) is 0. The van der Waals surface area contributed by atoms with Crippen molar-refractivity contribution in [3.05, 3.63) is 0 Å². The Kier molecular flexibility index (Phi) is 8.62. The number of Topliss-reactive ketones (excluding diaryl/α,β-unsaturated/α-hetero) is 2. The number of carbonyl (C=O) groups is 2. The van der Waals surface area contributed by atoms with Gasteiger partial charge in [0.15, 0.2) is 0 Å². The van der Waals surface area contributed by atoms with Crippen molar-refractivity contribution in [2.45, 2.75) is 20.3 Å². The third-order valence-electron chi connectivity index (χ3n) is 0.498. The quantitative estimate of drug-likeness (QED) is 0.466. The van der Waals surface area contributed by atoms with Crippen LogP contribution in [0.1, 0.15) is 23.1 Å². The van der Waals surface area contributed by atoms with Gasteiger partial charge in [-0.15, -0.1) is 0 Å². The zero-order valence-electron chi connectivity index (χ0n) is 7.23. The average Bonchev–Trinajstić information content (AvgIpc) is 1.27. The van der Waals surface area contributed by atoms with E-state index < -0.39 is 0 Å². The molecule has 0 fully saturated rings. The van der Waals surface area contributed by atoms with E-state index in [1.165, 1.54) is 13.8 Å². The van der Waals surface area contributed by atoms with Gasteiger partial charge >= 0.3 is 45.5 Å². The molecule has 0 bridgehead atoms. The fraction of sp³-hybridized carbons (Fsp3) is 0.600. The minimum absolute atomic E-state index is 0. The maximum absolute atomic E-state index is 10.0. The Morgan fingerprint density at radius 1 is 1.25 bits per heavy atom. The minimum Gasteiger partial charge on any atom is -1.00 e. The van der Waals surface area contributed by atoms with Gasteiger partial charge in [-0.1, -0.05) is 0 Å². The van der Waals surface area contributed by atoms with Crippen LogP contribution in [0.15, 0.2) is 0 Å². The van der Waals surface area contributed by atoms with Crippen LogP contribution in [-0.2, 0) is 9.59 Å². The fourth-order valence-corrected chi connectivity index (χ4v) is 0.351. The molecule has 44 valence electrons. The van der Waals surface area contributed by atoms with Crippen LogP contribution in [0.25, 0.3) is 0 Å². The summed E-state index contributed by atoms with van der Waals surface area (Å²) in [5.41, 5.74) is 0. The summed E-state index contributed by atoms with van der Waals surface area (Å²) < 4.78 is 0. The molecule has 3 heteroatoms. The summed E-state index contributed by atoms with van der Waals surface area (Å²) in [5, 5.41) is 0. The second-order valence-electron chi connectivity index (χ2n) is 1.58. The maximum atomic E-state index is 10.0. The molecule has 0 unspecified atom stereocenters. The number of carbonyl (C=O) groups excluding carboxylic acids is 2. The van der Waals surface area contributed by atoms with Crippen LogP contribution < -0.4 is 0 Å². The van der Waals surface area contributed by atoms with Crippen LogP contribution in [0.2, 0.25) is 0 Å². The zero-order chi connectivity index (χ0) is 5.86. The first-order valence-corrected chi connectivity index (χ1v) is 2.12. The fourth-order valence-electron chi connectivity index (χ4n) is 0.351. The van der Waals surface area contributed by atoms with Crippen molar-refractivity contribution in [1.82, 2.24) is 0 Å². The molecule has 8 heavy (non-hydrogen) atoms. The van der Waals surface area contributed by atoms with Crippen molar-refractivity contribution in [2.75, 3.05) is 0 Å². The van der Waals surface area contributed by atoms with Gasteiger partial charge in [-0.25, -0.2) is 0 Å². The van der Waals surface area contributed by atoms with Gasteiger partial charge in [-0.05, 0) is 13.8 Å². The molecule has 0 rings (SSSR count). The van der Waals surface area contributed by atoms with E-state index in [1.807, 2.05) is 0 Å². The third kappa shape index (κ3) is 9.94. The second kappa shape index (κ2) is 5.95. The molecule has 0 spiro atoms. The van der Waals surface area contributed by atoms with Crippen molar-refractivity contribution in [3.8, 4) is 0 Å². The molecule has 0 aliphatic carbocycles. The van der Waals surface area contributed by atoms with Crippen LogP contribution in [0.3, 0.4) is 0 Å². The Bertz CT molecular complexity index is 93.8. The first kappa shape index (κ1) is 11.6.